The van der Waals surface area contributed by atoms with Crippen LogP contribution in [0.4, 0.5) is 10.1 Å². The van der Waals surface area contributed by atoms with Crippen molar-refractivity contribution in [1.29, 1.82) is 0 Å². The number of ether oxygens (including phenoxy) is 1. The van der Waals surface area contributed by atoms with Crippen LogP contribution in [0.1, 0.15) is 26.6 Å². The van der Waals surface area contributed by atoms with Gasteiger partial charge in [0.1, 0.15) is 28.9 Å². The first kappa shape index (κ1) is 17.1. The van der Waals surface area contributed by atoms with E-state index in [4.69, 9.17) is 4.74 Å². The Hall–Kier alpha value is -2.73. The summed E-state index contributed by atoms with van der Waals surface area (Å²) in [7, 11) is 0. The van der Waals surface area contributed by atoms with Crippen LogP contribution < -0.4 is 10.1 Å². The number of aromatic nitrogens is 1. The van der Waals surface area contributed by atoms with Crippen molar-refractivity contribution in [3.05, 3.63) is 75.5 Å². The molecule has 1 aromatic heterocycles. The molecule has 0 saturated heterocycles. The quantitative estimate of drug-likeness (QED) is 0.719. The van der Waals surface area contributed by atoms with Crippen molar-refractivity contribution in [2.24, 2.45) is 0 Å². The lowest BCUT2D eigenvalue weighted by atomic mass is 10.2. The van der Waals surface area contributed by atoms with E-state index in [2.05, 4.69) is 10.3 Å². The van der Waals surface area contributed by atoms with Crippen molar-refractivity contribution in [3.63, 3.8) is 0 Å². The predicted octanol–water partition coefficient (Wildman–Crippen LogP) is 4.73. The highest BCUT2D eigenvalue weighted by molar-refractivity contribution is 7.09. The van der Waals surface area contributed by atoms with Gasteiger partial charge in [0.15, 0.2) is 0 Å². The zero-order valence-electron chi connectivity index (χ0n) is 13.9. The van der Waals surface area contributed by atoms with Crippen LogP contribution in [0.15, 0.2) is 47.8 Å². The average molecular weight is 356 g/mol. The number of nitrogens with zero attached hydrogens (tertiary/aromatic N) is 1. The molecule has 128 valence electrons. The molecule has 0 aliphatic rings. The Morgan fingerprint density at radius 2 is 1.88 bits per heavy atom. The number of nitrogens with one attached hydrogen (secondary N) is 1. The van der Waals surface area contributed by atoms with Crippen LogP contribution in [0.3, 0.4) is 0 Å². The summed E-state index contributed by atoms with van der Waals surface area (Å²) in [6.45, 7) is 4.07. The third-order valence-electron chi connectivity index (χ3n) is 3.54. The molecule has 25 heavy (non-hydrogen) atoms. The Balaban J connectivity index is 1.62. The summed E-state index contributed by atoms with van der Waals surface area (Å²) in [4.78, 5) is 16.4. The minimum atomic E-state index is -0.466. The second kappa shape index (κ2) is 7.44. The van der Waals surface area contributed by atoms with Crippen LogP contribution in [-0.2, 0) is 6.61 Å². The number of aryl methyl sites for hydroxylation is 2. The van der Waals surface area contributed by atoms with Gasteiger partial charge in [-0.3, -0.25) is 4.79 Å². The summed E-state index contributed by atoms with van der Waals surface area (Å²) in [5.41, 5.74) is 2.33. The van der Waals surface area contributed by atoms with Gasteiger partial charge >= 0.3 is 0 Å². The molecule has 3 rings (SSSR count). The zero-order valence-corrected chi connectivity index (χ0v) is 14.7. The first-order valence-electron chi connectivity index (χ1n) is 7.72. The molecule has 4 nitrogen and oxygen atoms in total. The van der Waals surface area contributed by atoms with Crippen molar-refractivity contribution in [2.45, 2.75) is 20.5 Å². The minimum absolute atomic E-state index is 0.140. The minimum Gasteiger partial charge on any atom is -0.486 e. The van der Waals surface area contributed by atoms with Crippen LogP contribution in [0.25, 0.3) is 0 Å². The number of thiazole rings is 1. The number of carbonyl (C=O) groups excluding carboxylic acids is 1. The summed E-state index contributed by atoms with van der Waals surface area (Å²) in [6.07, 6.45) is 0. The number of hydrogen-bond donors (Lipinski definition) is 1. The monoisotopic (exact) mass is 356 g/mol. The molecule has 2 aromatic carbocycles. The van der Waals surface area contributed by atoms with E-state index in [-0.39, 0.29) is 18.0 Å². The Morgan fingerprint density at radius 3 is 2.60 bits per heavy atom. The van der Waals surface area contributed by atoms with Gasteiger partial charge in [-0.25, -0.2) is 9.37 Å². The normalized spacial score (nSPS) is 10.5. The molecule has 0 unspecified atom stereocenters. The SMILES string of the molecule is Cc1ccc(OCc2nc(C(=O)Nc3ccc(C)cc3F)cs2)cc1. The van der Waals surface area contributed by atoms with E-state index < -0.39 is 11.7 Å². The lowest BCUT2D eigenvalue weighted by Crippen LogP contribution is -2.13. The maximum Gasteiger partial charge on any atom is 0.275 e. The molecule has 6 heteroatoms. The Morgan fingerprint density at radius 1 is 1.16 bits per heavy atom. The van der Waals surface area contributed by atoms with Crippen LogP contribution in [0.5, 0.6) is 5.75 Å². The maximum atomic E-state index is 13.8. The number of amides is 1. The molecular formula is C19H17FN2O2S. The molecule has 0 fully saturated rings. The van der Waals surface area contributed by atoms with E-state index in [0.717, 1.165) is 16.9 Å². The van der Waals surface area contributed by atoms with Crippen LogP contribution >= 0.6 is 11.3 Å². The van der Waals surface area contributed by atoms with Crippen molar-refractivity contribution < 1.29 is 13.9 Å². The van der Waals surface area contributed by atoms with Gasteiger partial charge in [0.05, 0.1) is 5.69 Å². The topological polar surface area (TPSA) is 51.2 Å². The van der Waals surface area contributed by atoms with E-state index in [1.807, 2.05) is 31.2 Å². The van der Waals surface area contributed by atoms with Crippen molar-refractivity contribution in [2.75, 3.05) is 5.32 Å². The molecule has 0 aliphatic heterocycles. The van der Waals surface area contributed by atoms with E-state index in [1.165, 1.54) is 23.5 Å². The van der Waals surface area contributed by atoms with Gasteiger partial charge in [-0.1, -0.05) is 23.8 Å². The van der Waals surface area contributed by atoms with E-state index >= 15 is 0 Å². The third kappa shape index (κ3) is 4.42. The number of halogens is 1. The molecule has 0 saturated carbocycles. The Labute approximate surface area is 149 Å². The zero-order chi connectivity index (χ0) is 17.8. The summed E-state index contributed by atoms with van der Waals surface area (Å²) in [6, 6.07) is 12.3. The lowest BCUT2D eigenvalue weighted by molar-refractivity contribution is 0.102. The molecule has 0 radical (unpaired) electrons. The van der Waals surface area contributed by atoms with Crippen molar-refractivity contribution >= 4 is 22.9 Å². The Kier molecular flexibility index (Phi) is 5.09. The van der Waals surface area contributed by atoms with Crippen molar-refractivity contribution in [1.82, 2.24) is 4.98 Å². The molecule has 1 amide bonds. The lowest BCUT2D eigenvalue weighted by Gasteiger charge is -2.05. The van der Waals surface area contributed by atoms with Gasteiger partial charge < -0.3 is 10.1 Å². The molecule has 1 heterocycles. The van der Waals surface area contributed by atoms with E-state index in [9.17, 15) is 9.18 Å². The van der Waals surface area contributed by atoms with Gasteiger partial charge in [-0.05, 0) is 43.7 Å². The summed E-state index contributed by atoms with van der Waals surface area (Å²) in [5, 5.41) is 4.85. The highest BCUT2D eigenvalue weighted by Crippen LogP contribution is 2.19. The van der Waals surface area contributed by atoms with Gasteiger partial charge in [0.25, 0.3) is 5.91 Å². The number of anilines is 1. The van der Waals surface area contributed by atoms with Gasteiger partial charge in [0, 0.05) is 5.38 Å². The third-order valence-corrected chi connectivity index (χ3v) is 4.36. The van der Waals surface area contributed by atoms with E-state index in [0.29, 0.717) is 5.01 Å². The molecule has 0 bridgehead atoms. The van der Waals surface area contributed by atoms with E-state index in [1.54, 1.807) is 18.4 Å². The van der Waals surface area contributed by atoms with Gasteiger partial charge in [-0.2, -0.15) is 0 Å². The molecule has 3 aromatic rings. The fraction of sp³-hybridized carbons (Fsp3) is 0.158. The van der Waals surface area contributed by atoms with Crippen LogP contribution in [0, 0.1) is 19.7 Å². The smallest absolute Gasteiger partial charge is 0.275 e. The summed E-state index contributed by atoms with van der Waals surface area (Å²) >= 11 is 1.33. The number of rotatable bonds is 5. The first-order valence-corrected chi connectivity index (χ1v) is 8.60. The summed E-state index contributed by atoms with van der Waals surface area (Å²) in [5.74, 6) is -0.166. The Bertz CT molecular complexity index is 891. The number of carbonyl (C=O) groups is 1. The highest BCUT2D eigenvalue weighted by atomic mass is 32.1. The summed E-state index contributed by atoms with van der Waals surface area (Å²) < 4.78 is 19.5. The number of hydrogen-bond acceptors (Lipinski definition) is 4. The van der Waals surface area contributed by atoms with Crippen LogP contribution in [0.2, 0.25) is 0 Å². The predicted molar refractivity (Wildman–Crippen MR) is 96.7 cm³/mol. The fourth-order valence-electron chi connectivity index (χ4n) is 2.17. The molecule has 0 aliphatic carbocycles. The molecule has 0 spiro atoms. The van der Waals surface area contributed by atoms with Gasteiger partial charge in [-0.15, -0.1) is 11.3 Å². The van der Waals surface area contributed by atoms with Crippen LogP contribution in [-0.4, -0.2) is 10.9 Å². The molecular weight excluding hydrogens is 339 g/mol. The second-order valence-electron chi connectivity index (χ2n) is 5.67. The maximum absolute atomic E-state index is 13.8. The first-order chi connectivity index (χ1) is 12.0. The van der Waals surface area contributed by atoms with Gasteiger partial charge in [0.2, 0.25) is 0 Å². The average Bonchev–Trinajstić information content (AvgIpc) is 3.06. The standard InChI is InChI=1S/C19H17FN2O2S/c1-12-3-6-14(7-4-12)24-10-18-21-17(11-25-18)19(23)22-16-8-5-13(2)9-15(16)20/h3-9,11H,10H2,1-2H3,(H,22,23). The largest absolute Gasteiger partial charge is 0.486 e. The fourth-order valence-corrected chi connectivity index (χ4v) is 2.85. The highest BCUT2D eigenvalue weighted by Gasteiger charge is 2.13. The second-order valence-corrected chi connectivity index (χ2v) is 6.61. The number of benzene rings is 2. The molecule has 0 atom stereocenters. The molecule has 1 N–H and O–H groups in total. The van der Waals surface area contributed by atoms with Crippen molar-refractivity contribution in [3.8, 4) is 5.75 Å².